The van der Waals surface area contributed by atoms with Crippen molar-refractivity contribution in [2.75, 3.05) is 33.3 Å². The molecule has 0 bridgehead atoms. The van der Waals surface area contributed by atoms with E-state index in [1.165, 1.54) is 0 Å². The first-order chi connectivity index (χ1) is 12.6. The second kappa shape index (κ2) is 8.54. The van der Waals surface area contributed by atoms with Crippen molar-refractivity contribution in [3.05, 3.63) is 29.8 Å². The van der Waals surface area contributed by atoms with E-state index in [9.17, 15) is 9.59 Å². The zero-order chi connectivity index (χ0) is 18.5. The van der Waals surface area contributed by atoms with Crippen LogP contribution in [-0.2, 0) is 16.0 Å². The summed E-state index contributed by atoms with van der Waals surface area (Å²) in [4.78, 5) is 28.9. The summed E-state index contributed by atoms with van der Waals surface area (Å²) < 4.78 is 5.15. The maximum absolute atomic E-state index is 12.6. The van der Waals surface area contributed by atoms with Gasteiger partial charge in [0, 0.05) is 32.1 Å². The zero-order valence-corrected chi connectivity index (χ0v) is 15.5. The fourth-order valence-electron chi connectivity index (χ4n) is 3.88. The third kappa shape index (κ3) is 4.36. The fourth-order valence-corrected chi connectivity index (χ4v) is 3.88. The molecule has 0 aromatic heterocycles. The van der Waals surface area contributed by atoms with Crippen molar-refractivity contribution < 1.29 is 14.3 Å². The summed E-state index contributed by atoms with van der Waals surface area (Å²) in [5.41, 5.74) is 7.17. The van der Waals surface area contributed by atoms with Gasteiger partial charge < -0.3 is 20.3 Å². The molecular formula is C20H29N3O3. The molecule has 2 heterocycles. The summed E-state index contributed by atoms with van der Waals surface area (Å²) >= 11 is 0. The first-order valence-corrected chi connectivity index (χ1v) is 9.54. The Morgan fingerprint density at radius 1 is 1.08 bits per heavy atom. The number of hydrogen-bond acceptors (Lipinski definition) is 4. The lowest BCUT2D eigenvalue weighted by Crippen LogP contribution is -2.49. The summed E-state index contributed by atoms with van der Waals surface area (Å²) in [5.74, 6) is 1.11. The van der Waals surface area contributed by atoms with E-state index in [0.717, 1.165) is 50.1 Å². The second-order valence-electron chi connectivity index (χ2n) is 7.29. The van der Waals surface area contributed by atoms with Gasteiger partial charge in [-0.2, -0.15) is 0 Å². The molecule has 6 heteroatoms. The molecule has 2 aliphatic rings. The van der Waals surface area contributed by atoms with Crippen LogP contribution in [-0.4, -0.2) is 60.9 Å². The fraction of sp³-hybridized carbons (Fsp3) is 0.600. The number of methoxy groups -OCH3 is 1. The quantitative estimate of drug-likeness (QED) is 0.863. The number of nitrogens with zero attached hydrogens (tertiary/aromatic N) is 2. The SMILES string of the molecule is COc1ccc(C[C@H](N)C(=O)N2CCC(C(=O)N3CCCC3)CC2)cc1. The van der Waals surface area contributed by atoms with Crippen LogP contribution in [0.3, 0.4) is 0 Å². The maximum Gasteiger partial charge on any atom is 0.239 e. The molecule has 1 aromatic carbocycles. The lowest BCUT2D eigenvalue weighted by Gasteiger charge is -2.34. The summed E-state index contributed by atoms with van der Waals surface area (Å²) in [7, 11) is 1.63. The summed E-state index contributed by atoms with van der Waals surface area (Å²) in [6.45, 7) is 3.04. The molecule has 1 aromatic rings. The molecule has 2 N–H and O–H groups in total. The predicted octanol–water partition coefficient (Wildman–Crippen LogP) is 1.43. The van der Waals surface area contributed by atoms with Crippen molar-refractivity contribution >= 4 is 11.8 Å². The largest absolute Gasteiger partial charge is 0.497 e. The van der Waals surface area contributed by atoms with Crippen LogP contribution >= 0.6 is 0 Å². The Balaban J connectivity index is 1.48. The van der Waals surface area contributed by atoms with Crippen molar-refractivity contribution in [2.24, 2.45) is 11.7 Å². The number of amides is 2. The first-order valence-electron chi connectivity index (χ1n) is 9.54. The van der Waals surface area contributed by atoms with Gasteiger partial charge in [-0.05, 0) is 49.8 Å². The second-order valence-corrected chi connectivity index (χ2v) is 7.29. The lowest BCUT2D eigenvalue weighted by molar-refractivity contribution is -0.140. The number of hydrogen-bond donors (Lipinski definition) is 1. The Labute approximate surface area is 155 Å². The van der Waals surface area contributed by atoms with E-state index >= 15 is 0 Å². The molecule has 0 unspecified atom stereocenters. The number of ether oxygens (including phenoxy) is 1. The van der Waals surface area contributed by atoms with Crippen molar-refractivity contribution in [3.8, 4) is 5.75 Å². The van der Waals surface area contributed by atoms with E-state index < -0.39 is 6.04 Å². The highest BCUT2D eigenvalue weighted by Crippen LogP contribution is 2.22. The molecule has 3 rings (SSSR count). The number of carbonyl (C=O) groups excluding carboxylic acids is 2. The minimum absolute atomic E-state index is 0.0205. The normalized spacial score (nSPS) is 19.5. The van der Waals surface area contributed by atoms with Gasteiger partial charge in [-0.15, -0.1) is 0 Å². The summed E-state index contributed by atoms with van der Waals surface area (Å²) in [6.07, 6.45) is 4.23. The molecule has 2 saturated heterocycles. The van der Waals surface area contributed by atoms with Gasteiger partial charge in [0.05, 0.1) is 13.2 Å². The van der Waals surface area contributed by atoms with Gasteiger partial charge in [-0.25, -0.2) is 0 Å². The van der Waals surface area contributed by atoms with E-state index in [2.05, 4.69) is 0 Å². The standard InChI is InChI=1S/C20H29N3O3/c1-26-17-6-4-15(5-7-17)14-18(21)20(25)23-12-8-16(9-13-23)19(24)22-10-2-3-11-22/h4-7,16,18H,2-3,8-14,21H2,1H3/t18-/m0/s1. The van der Waals surface area contributed by atoms with E-state index in [4.69, 9.17) is 10.5 Å². The number of benzene rings is 1. The Bertz CT molecular complexity index is 618. The molecule has 1 atom stereocenters. The van der Waals surface area contributed by atoms with Gasteiger partial charge in [0.25, 0.3) is 0 Å². The molecular weight excluding hydrogens is 330 g/mol. The van der Waals surface area contributed by atoms with Crippen LogP contribution in [0.2, 0.25) is 0 Å². The van der Waals surface area contributed by atoms with Gasteiger partial charge >= 0.3 is 0 Å². The van der Waals surface area contributed by atoms with Crippen LogP contribution in [0.25, 0.3) is 0 Å². The van der Waals surface area contributed by atoms with Gasteiger partial charge in [0.2, 0.25) is 11.8 Å². The van der Waals surface area contributed by atoms with Crippen LogP contribution in [0.15, 0.2) is 24.3 Å². The molecule has 0 spiro atoms. The predicted molar refractivity (Wildman–Crippen MR) is 99.8 cm³/mol. The van der Waals surface area contributed by atoms with Gasteiger partial charge in [0.15, 0.2) is 0 Å². The minimum atomic E-state index is -0.547. The van der Waals surface area contributed by atoms with E-state index in [-0.39, 0.29) is 17.7 Å². The maximum atomic E-state index is 12.6. The van der Waals surface area contributed by atoms with Gasteiger partial charge in [0.1, 0.15) is 5.75 Å². The Morgan fingerprint density at radius 3 is 2.27 bits per heavy atom. The number of likely N-dealkylation sites (tertiary alicyclic amines) is 2. The van der Waals surface area contributed by atoms with Crippen LogP contribution in [0.5, 0.6) is 5.75 Å². The molecule has 0 radical (unpaired) electrons. The topological polar surface area (TPSA) is 75.9 Å². The van der Waals surface area contributed by atoms with E-state index in [1.807, 2.05) is 34.1 Å². The van der Waals surface area contributed by atoms with Crippen LogP contribution in [0.4, 0.5) is 0 Å². The number of rotatable bonds is 5. The molecule has 2 amide bonds. The van der Waals surface area contributed by atoms with Crippen molar-refractivity contribution in [1.82, 2.24) is 9.80 Å². The summed E-state index contributed by atoms with van der Waals surface area (Å²) in [5, 5.41) is 0. The van der Waals surface area contributed by atoms with Crippen molar-refractivity contribution in [3.63, 3.8) is 0 Å². The van der Waals surface area contributed by atoms with Crippen LogP contribution in [0.1, 0.15) is 31.2 Å². The highest BCUT2D eigenvalue weighted by molar-refractivity contribution is 5.83. The molecule has 0 saturated carbocycles. The zero-order valence-electron chi connectivity index (χ0n) is 15.5. The molecule has 6 nitrogen and oxygen atoms in total. The van der Waals surface area contributed by atoms with E-state index in [1.54, 1.807) is 7.11 Å². The van der Waals surface area contributed by atoms with Crippen LogP contribution < -0.4 is 10.5 Å². The smallest absolute Gasteiger partial charge is 0.239 e. The van der Waals surface area contributed by atoms with Crippen molar-refractivity contribution in [1.29, 1.82) is 0 Å². The highest BCUT2D eigenvalue weighted by Gasteiger charge is 2.32. The third-order valence-corrected chi connectivity index (χ3v) is 5.51. The molecule has 2 fully saturated rings. The summed E-state index contributed by atoms with van der Waals surface area (Å²) in [6, 6.07) is 7.08. The molecule has 2 aliphatic heterocycles. The minimum Gasteiger partial charge on any atom is -0.497 e. The average Bonchev–Trinajstić information content (AvgIpc) is 3.22. The number of piperidine rings is 1. The van der Waals surface area contributed by atoms with Crippen LogP contribution in [0, 0.1) is 5.92 Å². The Morgan fingerprint density at radius 2 is 1.69 bits per heavy atom. The average molecular weight is 359 g/mol. The van der Waals surface area contributed by atoms with Gasteiger partial charge in [-0.1, -0.05) is 12.1 Å². The van der Waals surface area contributed by atoms with Crippen molar-refractivity contribution in [2.45, 2.75) is 38.1 Å². The Kier molecular flexibility index (Phi) is 6.14. The lowest BCUT2D eigenvalue weighted by atomic mass is 9.94. The number of carbonyl (C=O) groups is 2. The van der Waals surface area contributed by atoms with Gasteiger partial charge in [-0.3, -0.25) is 9.59 Å². The highest BCUT2D eigenvalue weighted by atomic mass is 16.5. The molecule has 142 valence electrons. The number of nitrogens with two attached hydrogens (primary N) is 1. The first kappa shape index (κ1) is 18.7. The van der Waals surface area contributed by atoms with E-state index in [0.29, 0.717) is 19.5 Å². The third-order valence-electron chi connectivity index (χ3n) is 5.51. The molecule has 0 aliphatic carbocycles. The Hall–Kier alpha value is -2.08. The monoisotopic (exact) mass is 359 g/mol. The molecule has 26 heavy (non-hydrogen) atoms.